The largest absolute Gasteiger partial charge is 0.351 e. The Morgan fingerprint density at radius 2 is 1.79 bits per heavy atom. The lowest BCUT2D eigenvalue weighted by Gasteiger charge is -2.10. The highest BCUT2D eigenvalue weighted by atomic mass is 35.5. The molecule has 2 N–H and O–H groups in total. The smallest absolute Gasteiger partial charge is 0.251 e. The van der Waals surface area contributed by atoms with E-state index in [9.17, 15) is 17.6 Å². The summed E-state index contributed by atoms with van der Waals surface area (Å²) in [6.07, 6.45) is 0. The van der Waals surface area contributed by atoms with Crippen molar-refractivity contribution < 1.29 is 17.6 Å². The number of sulfonamides is 1. The van der Waals surface area contributed by atoms with Crippen LogP contribution in [0.25, 0.3) is 0 Å². The maximum Gasteiger partial charge on any atom is 0.251 e. The van der Waals surface area contributed by atoms with Gasteiger partial charge in [0.1, 0.15) is 5.82 Å². The summed E-state index contributed by atoms with van der Waals surface area (Å²) in [6.45, 7) is 1.66. The second-order valence-corrected chi connectivity index (χ2v) is 7.24. The lowest BCUT2D eigenvalue weighted by atomic mass is 10.2. The maximum absolute atomic E-state index is 13.2. The standard InChI is InChI=1S/C16H16ClFN2O3S/c1-11-2-7-14(18)10-15(11)24(22,23)20-9-8-19-16(21)12-3-5-13(17)6-4-12/h2-7,10,20H,8-9H2,1H3,(H,19,21). The van der Waals surface area contributed by atoms with Gasteiger partial charge in [0.15, 0.2) is 0 Å². The van der Waals surface area contributed by atoms with Crippen molar-refractivity contribution in [3.05, 3.63) is 64.4 Å². The minimum absolute atomic E-state index is 0.0163. The van der Waals surface area contributed by atoms with Crippen molar-refractivity contribution in [3.63, 3.8) is 0 Å². The van der Waals surface area contributed by atoms with Crippen molar-refractivity contribution in [1.82, 2.24) is 10.0 Å². The van der Waals surface area contributed by atoms with Crippen molar-refractivity contribution in [3.8, 4) is 0 Å². The summed E-state index contributed by atoms with van der Waals surface area (Å²) in [7, 11) is -3.84. The fourth-order valence-electron chi connectivity index (χ4n) is 2.01. The lowest BCUT2D eigenvalue weighted by molar-refractivity contribution is 0.0954. The molecular weight excluding hydrogens is 355 g/mol. The molecule has 24 heavy (non-hydrogen) atoms. The second-order valence-electron chi connectivity index (χ2n) is 5.07. The van der Waals surface area contributed by atoms with Gasteiger partial charge in [-0.05, 0) is 48.9 Å². The van der Waals surface area contributed by atoms with Gasteiger partial charge in [0.05, 0.1) is 4.90 Å². The molecule has 2 aromatic carbocycles. The van der Waals surface area contributed by atoms with Crippen LogP contribution in [0, 0.1) is 12.7 Å². The molecule has 0 aliphatic heterocycles. The molecule has 1 amide bonds. The number of hydrogen-bond acceptors (Lipinski definition) is 3. The van der Waals surface area contributed by atoms with E-state index in [0.717, 1.165) is 6.07 Å². The number of benzene rings is 2. The molecular formula is C16H16ClFN2O3S. The van der Waals surface area contributed by atoms with Gasteiger partial charge in [0.2, 0.25) is 10.0 Å². The number of halogens is 2. The van der Waals surface area contributed by atoms with Crippen LogP contribution in [0.2, 0.25) is 5.02 Å². The monoisotopic (exact) mass is 370 g/mol. The summed E-state index contributed by atoms with van der Waals surface area (Å²) in [5.41, 5.74) is 0.859. The van der Waals surface area contributed by atoms with E-state index in [1.54, 1.807) is 31.2 Å². The Kier molecular flexibility index (Phi) is 5.93. The molecule has 0 radical (unpaired) electrons. The zero-order valence-electron chi connectivity index (χ0n) is 12.8. The van der Waals surface area contributed by atoms with Crippen molar-refractivity contribution in [2.45, 2.75) is 11.8 Å². The Labute approximate surface area is 144 Å². The lowest BCUT2D eigenvalue weighted by Crippen LogP contribution is -2.35. The van der Waals surface area contributed by atoms with E-state index in [4.69, 9.17) is 11.6 Å². The first kappa shape index (κ1) is 18.4. The van der Waals surface area contributed by atoms with Crippen molar-refractivity contribution >= 4 is 27.5 Å². The number of rotatable bonds is 6. The van der Waals surface area contributed by atoms with E-state index in [0.29, 0.717) is 16.1 Å². The highest BCUT2D eigenvalue weighted by Crippen LogP contribution is 2.15. The molecule has 0 saturated heterocycles. The van der Waals surface area contributed by atoms with Gasteiger partial charge in [0, 0.05) is 23.7 Å². The van der Waals surface area contributed by atoms with Crippen LogP contribution in [0.5, 0.6) is 0 Å². The Morgan fingerprint density at radius 3 is 2.46 bits per heavy atom. The third-order valence-corrected chi connectivity index (χ3v) is 5.10. The van der Waals surface area contributed by atoms with Crippen LogP contribution in [-0.4, -0.2) is 27.4 Å². The summed E-state index contributed by atoms with van der Waals surface area (Å²) in [5.74, 6) is -0.968. The van der Waals surface area contributed by atoms with Gasteiger partial charge in [-0.15, -0.1) is 0 Å². The zero-order chi connectivity index (χ0) is 17.7. The van der Waals surface area contributed by atoms with E-state index >= 15 is 0 Å². The van der Waals surface area contributed by atoms with Crippen LogP contribution in [0.1, 0.15) is 15.9 Å². The number of amides is 1. The normalized spacial score (nSPS) is 11.3. The molecule has 0 aromatic heterocycles. The molecule has 0 saturated carbocycles. The molecule has 5 nitrogen and oxygen atoms in total. The van der Waals surface area contributed by atoms with E-state index in [2.05, 4.69) is 10.0 Å². The number of aryl methyl sites for hydroxylation is 1. The van der Waals surface area contributed by atoms with Crippen LogP contribution in [0.3, 0.4) is 0 Å². The predicted molar refractivity (Wildman–Crippen MR) is 90.1 cm³/mol. The Bertz CT molecular complexity index is 839. The molecule has 128 valence electrons. The molecule has 0 bridgehead atoms. The SMILES string of the molecule is Cc1ccc(F)cc1S(=O)(=O)NCCNC(=O)c1ccc(Cl)cc1. The first-order valence-electron chi connectivity index (χ1n) is 7.09. The first-order chi connectivity index (χ1) is 11.3. The Morgan fingerprint density at radius 1 is 1.12 bits per heavy atom. The molecule has 0 fully saturated rings. The summed E-state index contributed by atoms with van der Waals surface area (Å²) in [4.78, 5) is 11.7. The molecule has 0 heterocycles. The van der Waals surface area contributed by atoms with E-state index in [1.807, 2.05) is 0 Å². The summed E-state index contributed by atoms with van der Waals surface area (Å²) >= 11 is 5.74. The van der Waals surface area contributed by atoms with E-state index in [-0.39, 0.29) is 23.9 Å². The number of nitrogens with one attached hydrogen (secondary N) is 2. The topological polar surface area (TPSA) is 75.3 Å². The average molecular weight is 371 g/mol. The summed E-state index contributed by atoms with van der Waals surface area (Å²) < 4.78 is 39.9. The van der Waals surface area contributed by atoms with Crippen LogP contribution in [-0.2, 0) is 10.0 Å². The van der Waals surface area contributed by atoms with Crippen LogP contribution in [0.4, 0.5) is 4.39 Å². The quantitative estimate of drug-likeness (QED) is 0.767. The number of carbonyl (C=O) groups is 1. The van der Waals surface area contributed by atoms with Gasteiger partial charge >= 0.3 is 0 Å². The maximum atomic E-state index is 13.2. The third-order valence-electron chi connectivity index (χ3n) is 3.25. The van der Waals surface area contributed by atoms with Gasteiger partial charge < -0.3 is 5.32 Å². The fraction of sp³-hybridized carbons (Fsp3) is 0.188. The highest BCUT2D eigenvalue weighted by molar-refractivity contribution is 7.89. The van der Waals surface area contributed by atoms with E-state index < -0.39 is 15.8 Å². The molecule has 0 unspecified atom stereocenters. The van der Waals surface area contributed by atoms with Gasteiger partial charge in [-0.25, -0.2) is 17.5 Å². The van der Waals surface area contributed by atoms with Crippen molar-refractivity contribution in [1.29, 1.82) is 0 Å². The summed E-state index contributed by atoms with van der Waals surface area (Å²) in [5, 5.41) is 3.10. The summed E-state index contributed by atoms with van der Waals surface area (Å²) in [6, 6.07) is 9.87. The average Bonchev–Trinajstić information content (AvgIpc) is 2.54. The molecule has 0 spiro atoms. The second kappa shape index (κ2) is 7.74. The van der Waals surface area contributed by atoms with Gasteiger partial charge in [-0.3, -0.25) is 4.79 Å². The highest BCUT2D eigenvalue weighted by Gasteiger charge is 2.17. The van der Waals surface area contributed by atoms with Gasteiger partial charge in [-0.1, -0.05) is 17.7 Å². The zero-order valence-corrected chi connectivity index (χ0v) is 14.4. The number of hydrogen-bond donors (Lipinski definition) is 2. The molecule has 2 rings (SSSR count). The first-order valence-corrected chi connectivity index (χ1v) is 8.95. The van der Waals surface area contributed by atoms with Crippen LogP contribution in [0.15, 0.2) is 47.4 Å². The predicted octanol–water partition coefficient (Wildman–Crippen LogP) is 2.50. The van der Waals surface area contributed by atoms with Crippen LogP contribution >= 0.6 is 11.6 Å². The Hall–Kier alpha value is -1.96. The Balaban J connectivity index is 1.90. The van der Waals surface area contributed by atoms with Gasteiger partial charge in [-0.2, -0.15) is 0 Å². The number of carbonyl (C=O) groups excluding carboxylic acids is 1. The minimum Gasteiger partial charge on any atom is -0.351 e. The molecule has 0 atom stereocenters. The molecule has 0 aliphatic rings. The fourth-order valence-corrected chi connectivity index (χ4v) is 3.42. The molecule has 2 aromatic rings. The van der Waals surface area contributed by atoms with Crippen molar-refractivity contribution in [2.75, 3.05) is 13.1 Å². The van der Waals surface area contributed by atoms with Crippen LogP contribution < -0.4 is 10.0 Å². The molecule has 8 heteroatoms. The van der Waals surface area contributed by atoms with E-state index in [1.165, 1.54) is 12.1 Å². The minimum atomic E-state index is -3.84. The third kappa shape index (κ3) is 4.77. The van der Waals surface area contributed by atoms with Gasteiger partial charge in [0.25, 0.3) is 5.91 Å². The molecule has 0 aliphatic carbocycles. The van der Waals surface area contributed by atoms with Crippen molar-refractivity contribution in [2.24, 2.45) is 0 Å².